The molecule has 0 aliphatic carbocycles. The van der Waals surface area contributed by atoms with Crippen LogP contribution in [0.5, 0.6) is 0 Å². The Balaban J connectivity index is 1.99. The topological polar surface area (TPSA) is 137 Å². The smallest absolute Gasteiger partial charge is 0.339 e. The van der Waals surface area contributed by atoms with E-state index in [9.17, 15) is 14.4 Å². The monoisotopic (exact) mass is 591 g/mol. The first-order chi connectivity index (χ1) is 20.5. The van der Waals surface area contributed by atoms with Gasteiger partial charge in [0, 0.05) is 38.1 Å². The molecule has 0 radical (unpaired) electrons. The van der Waals surface area contributed by atoms with E-state index >= 15 is 0 Å². The van der Waals surface area contributed by atoms with Crippen molar-refractivity contribution in [2.24, 2.45) is 0 Å². The van der Waals surface area contributed by atoms with Gasteiger partial charge in [-0.25, -0.2) is 9.59 Å². The van der Waals surface area contributed by atoms with E-state index < -0.39 is 11.9 Å². The third-order valence-electron chi connectivity index (χ3n) is 5.69. The summed E-state index contributed by atoms with van der Waals surface area (Å²) in [6, 6.07) is 11.1. The lowest BCUT2D eigenvalue weighted by Gasteiger charge is -2.12. The van der Waals surface area contributed by atoms with E-state index in [0.717, 1.165) is 5.69 Å². The highest BCUT2D eigenvalue weighted by atomic mass is 16.6. The average Bonchev–Trinajstić information content (AvgIpc) is 3.02. The zero-order valence-electron chi connectivity index (χ0n) is 24.5. The second-order valence-corrected chi connectivity index (χ2v) is 8.62. The van der Waals surface area contributed by atoms with Gasteiger partial charge in [0.15, 0.2) is 5.78 Å². The minimum Gasteiger partial charge on any atom is -0.460 e. The molecule has 0 saturated heterocycles. The number of benzene rings is 2. The molecular weight excluding hydrogens is 550 g/mol. The van der Waals surface area contributed by atoms with E-state index in [2.05, 4.69) is 5.32 Å². The molecule has 0 unspecified atom stereocenters. The van der Waals surface area contributed by atoms with Crippen molar-refractivity contribution < 1.29 is 52.3 Å². The quantitative estimate of drug-likeness (QED) is 0.116. The van der Waals surface area contributed by atoms with E-state index in [0.29, 0.717) is 58.4 Å². The van der Waals surface area contributed by atoms with Gasteiger partial charge in [0.25, 0.3) is 0 Å². The van der Waals surface area contributed by atoms with Crippen LogP contribution in [0.4, 0.5) is 5.69 Å². The fourth-order valence-electron chi connectivity index (χ4n) is 3.46. The average molecular weight is 592 g/mol. The van der Waals surface area contributed by atoms with Gasteiger partial charge in [-0.1, -0.05) is 6.07 Å². The molecule has 0 heterocycles. The molecule has 0 aliphatic rings. The number of rotatable bonds is 23. The van der Waals surface area contributed by atoms with E-state index in [4.69, 9.17) is 37.9 Å². The number of ketones is 1. The molecule has 0 saturated carbocycles. The molecule has 0 aliphatic heterocycles. The van der Waals surface area contributed by atoms with Gasteiger partial charge in [-0.15, -0.1) is 0 Å². The number of nitrogens with one attached hydrogen (secondary N) is 1. The summed E-state index contributed by atoms with van der Waals surface area (Å²) in [7, 11) is 4.95. The third-order valence-corrected chi connectivity index (χ3v) is 5.69. The Hall–Kier alpha value is -3.39. The van der Waals surface area contributed by atoms with Crippen molar-refractivity contribution in [2.45, 2.75) is 0 Å². The summed E-state index contributed by atoms with van der Waals surface area (Å²) in [6.07, 6.45) is 0. The molecule has 12 heteroatoms. The fraction of sp³-hybridized carbons (Fsp3) is 0.500. The first-order valence-electron chi connectivity index (χ1n) is 13.6. The summed E-state index contributed by atoms with van der Waals surface area (Å²) < 4.78 is 41.8. The van der Waals surface area contributed by atoms with Crippen LogP contribution in [-0.4, -0.2) is 118 Å². The van der Waals surface area contributed by atoms with Crippen molar-refractivity contribution in [3.63, 3.8) is 0 Å². The van der Waals surface area contributed by atoms with E-state index in [1.807, 2.05) is 0 Å². The lowest BCUT2D eigenvalue weighted by Crippen LogP contribution is -2.19. The molecule has 0 bridgehead atoms. The minimum absolute atomic E-state index is 0.0301. The summed E-state index contributed by atoms with van der Waals surface area (Å²) in [5.74, 6) is -1.85. The molecule has 232 valence electrons. The predicted molar refractivity (Wildman–Crippen MR) is 153 cm³/mol. The molecule has 0 spiro atoms. The highest BCUT2D eigenvalue weighted by Crippen LogP contribution is 2.19. The standard InChI is InChI=1S/C30H41NO11/c1-31-25-7-4-23(5-8-25)28(32)24-6-9-26(29(33)41-20-18-39-16-14-37-12-10-35-2)27(22-24)30(34)42-21-19-40-17-15-38-13-11-36-3/h4-9,22,31H,10-21H2,1-3H3. The van der Waals surface area contributed by atoms with Crippen molar-refractivity contribution >= 4 is 23.4 Å². The number of methoxy groups -OCH3 is 2. The maximum Gasteiger partial charge on any atom is 0.339 e. The Morgan fingerprint density at radius 2 is 0.976 bits per heavy atom. The molecule has 2 aromatic carbocycles. The molecule has 0 aromatic heterocycles. The van der Waals surface area contributed by atoms with Crippen molar-refractivity contribution in [2.75, 3.05) is 106 Å². The SMILES string of the molecule is CNc1ccc(C(=O)c2ccc(C(=O)OCCOCCOCCOC)c(C(=O)OCCOCCOCCOC)c2)cc1. The Labute approximate surface area is 246 Å². The van der Waals surface area contributed by atoms with Gasteiger partial charge in [-0.05, 0) is 36.4 Å². The van der Waals surface area contributed by atoms with Crippen LogP contribution in [0.1, 0.15) is 36.6 Å². The van der Waals surface area contributed by atoms with Crippen molar-refractivity contribution in [3.8, 4) is 0 Å². The van der Waals surface area contributed by atoms with E-state index in [-0.39, 0.29) is 48.9 Å². The first-order valence-corrected chi connectivity index (χ1v) is 13.6. The van der Waals surface area contributed by atoms with Crippen LogP contribution >= 0.6 is 0 Å². The maximum absolute atomic E-state index is 13.1. The van der Waals surface area contributed by atoms with Gasteiger partial charge in [-0.3, -0.25) is 4.79 Å². The molecule has 0 fully saturated rings. The Bertz CT molecular complexity index is 1080. The Morgan fingerprint density at radius 1 is 0.548 bits per heavy atom. The van der Waals surface area contributed by atoms with Gasteiger partial charge in [-0.2, -0.15) is 0 Å². The summed E-state index contributed by atoms with van der Waals surface area (Å²) >= 11 is 0. The number of carbonyl (C=O) groups is 3. The molecule has 0 amide bonds. The summed E-state index contributed by atoms with van der Waals surface area (Å²) in [4.78, 5) is 39.0. The molecule has 2 aromatic rings. The largest absolute Gasteiger partial charge is 0.460 e. The van der Waals surface area contributed by atoms with Crippen molar-refractivity contribution in [1.29, 1.82) is 0 Å². The first kappa shape index (κ1) is 34.8. The minimum atomic E-state index is -0.786. The fourth-order valence-corrected chi connectivity index (χ4v) is 3.46. The van der Waals surface area contributed by atoms with Gasteiger partial charge >= 0.3 is 11.9 Å². The van der Waals surface area contributed by atoms with Gasteiger partial charge in [0.05, 0.1) is 77.2 Å². The third kappa shape index (κ3) is 13.1. The molecular formula is C30H41NO11. The second kappa shape index (κ2) is 21.3. The summed E-state index contributed by atoms with van der Waals surface area (Å²) in [6.45, 7) is 3.47. The van der Waals surface area contributed by atoms with Crippen molar-refractivity contribution in [1.82, 2.24) is 0 Å². The number of carbonyl (C=O) groups excluding carboxylic acids is 3. The predicted octanol–water partition coefficient (Wildman–Crippen LogP) is 2.63. The van der Waals surface area contributed by atoms with Crippen LogP contribution in [0.3, 0.4) is 0 Å². The molecule has 1 N–H and O–H groups in total. The number of hydrogen-bond donors (Lipinski definition) is 1. The number of ether oxygens (including phenoxy) is 8. The van der Waals surface area contributed by atoms with E-state index in [1.54, 1.807) is 45.5 Å². The van der Waals surface area contributed by atoms with E-state index in [1.165, 1.54) is 18.2 Å². The van der Waals surface area contributed by atoms with Crippen LogP contribution in [0.15, 0.2) is 42.5 Å². The van der Waals surface area contributed by atoms with Crippen LogP contribution < -0.4 is 5.32 Å². The Morgan fingerprint density at radius 3 is 1.45 bits per heavy atom. The lowest BCUT2D eigenvalue weighted by atomic mass is 9.98. The number of anilines is 1. The summed E-state index contributed by atoms with van der Waals surface area (Å²) in [5.41, 5.74) is 1.37. The van der Waals surface area contributed by atoms with Crippen LogP contribution in [-0.2, 0) is 37.9 Å². The zero-order valence-corrected chi connectivity index (χ0v) is 24.5. The maximum atomic E-state index is 13.1. The Kier molecular flexibility index (Phi) is 17.7. The van der Waals surface area contributed by atoms with Crippen LogP contribution in [0.25, 0.3) is 0 Å². The zero-order chi connectivity index (χ0) is 30.4. The molecule has 42 heavy (non-hydrogen) atoms. The van der Waals surface area contributed by atoms with Gasteiger partial charge in [0.1, 0.15) is 13.2 Å². The normalized spacial score (nSPS) is 10.8. The summed E-state index contributed by atoms with van der Waals surface area (Å²) in [5, 5.41) is 2.99. The highest BCUT2D eigenvalue weighted by Gasteiger charge is 2.22. The van der Waals surface area contributed by atoms with Crippen molar-refractivity contribution in [3.05, 3.63) is 64.7 Å². The molecule has 2 rings (SSSR count). The number of esters is 2. The number of hydrogen-bond acceptors (Lipinski definition) is 12. The highest BCUT2D eigenvalue weighted by molar-refractivity contribution is 6.12. The molecule has 12 nitrogen and oxygen atoms in total. The van der Waals surface area contributed by atoms with Gasteiger partial charge in [0.2, 0.25) is 0 Å². The lowest BCUT2D eigenvalue weighted by molar-refractivity contribution is 0.00422. The van der Waals surface area contributed by atoms with Crippen LogP contribution in [0, 0.1) is 0 Å². The van der Waals surface area contributed by atoms with Crippen LogP contribution in [0.2, 0.25) is 0 Å². The molecule has 0 atom stereocenters. The second-order valence-electron chi connectivity index (χ2n) is 8.62. The van der Waals surface area contributed by atoms with Gasteiger partial charge < -0.3 is 43.2 Å².